The molecule has 1 aromatic carbocycles. The molecule has 0 saturated carbocycles. The van der Waals surface area contributed by atoms with Crippen LogP contribution in [0.3, 0.4) is 0 Å². The zero-order chi connectivity index (χ0) is 16.7. The monoisotopic (exact) mass is 312 g/mol. The zero-order valence-corrected chi connectivity index (χ0v) is 12.9. The molecule has 0 aliphatic heterocycles. The van der Waals surface area contributed by atoms with Crippen LogP contribution in [-0.2, 0) is 9.53 Å². The van der Waals surface area contributed by atoms with Crippen LogP contribution in [0.4, 0.5) is 8.78 Å². The highest BCUT2D eigenvalue weighted by atomic mass is 19.1. The molecule has 0 aliphatic carbocycles. The van der Waals surface area contributed by atoms with Crippen LogP contribution in [0.5, 0.6) is 0 Å². The summed E-state index contributed by atoms with van der Waals surface area (Å²) in [6, 6.07) is 3.25. The lowest BCUT2D eigenvalue weighted by molar-refractivity contribution is -0.146. The smallest absolute Gasteiger partial charge is 0.306 e. The molecular formula is C17H22F2O3. The van der Waals surface area contributed by atoms with Crippen molar-refractivity contribution in [3.63, 3.8) is 0 Å². The summed E-state index contributed by atoms with van der Waals surface area (Å²) in [5.74, 6) is -1.85. The second-order valence-electron chi connectivity index (χ2n) is 5.76. The number of carbonyl (C=O) groups excluding carboxylic acids is 1. The molecule has 0 aliphatic rings. The number of rotatable bonds is 8. The number of esters is 1. The molecule has 5 heteroatoms. The van der Waals surface area contributed by atoms with Gasteiger partial charge in [-0.2, -0.15) is 0 Å². The van der Waals surface area contributed by atoms with Crippen molar-refractivity contribution in [2.24, 2.45) is 11.8 Å². The molecule has 1 rings (SSSR count). The van der Waals surface area contributed by atoms with Crippen molar-refractivity contribution in [2.75, 3.05) is 13.2 Å². The van der Waals surface area contributed by atoms with E-state index in [1.54, 1.807) is 0 Å². The molecule has 0 unspecified atom stereocenters. The topological polar surface area (TPSA) is 46.5 Å². The Bertz CT molecular complexity index is 527. The lowest BCUT2D eigenvalue weighted by Gasteiger charge is -2.17. The number of carbonyl (C=O) groups is 1. The Hall–Kier alpha value is -1.75. The molecule has 0 heterocycles. The molecule has 0 aromatic heterocycles. The van der Waals surface area contributed by atoms with E-state index >= 15 is 0 Å². The van der Waals surface area contributed by atoms with Gasteiger partial charge in [-0.1, -0.05) is 20.4 Å². The number of hydrogen-bond donors (Lipinski definition) is 1. The second kappa shape index (κ2) is 8.63. The Morgan fingerprint density at radius 2 is 2.00 bits per heavy atom. The summed E-state index contributed by atoms with van der Waals surface area (Å²) in [5.41, 5.74) is 0.629. The van der Waals surface area contributed by atoms with Crippen molar-refractivity contribution in [1.82, 2.24) is 0 Å². The minimum atomic E-state index is -0.696. The average Bonchev–Trinajstić information content (AvgIpc) is 2.42. The van der Waals surface area contributed by atoms with Gasteiger partial charge in [-0.05, 0) is 30.0 Å². The molecule has 0 spiro atoms. The van der Waals surface area contributed by atoms with Gasteiger partial charge < -0.3 is 9.84 Å². The highest BCUT2D eigenvalue weighted by Gasteiger charge is 2.16. The lowest BCUT2D eigenvalue weighted by Crippen LogP contribution is -2.18. The zero-order valence-electron chi connectivity index (χ0n) is 12.9. The minimum absolute atomic E-state index is 0.0455. The molecule has 22 heavy (non-hydrogen) atoms. The van der Waals surface area contributed by atoms with E-state index in [0.29, 0.717) is 12.0 Å². The maximum absolute atomic E-state index is 13.7. The predicted molar refractivity (Wildman–Crippen MR) is 81.0 cm³/mol. The standard InChI is InChI=1S/C17H22F2O3/c1-11(2)6-17(21)22-10-13(9-20)7-12(3)15-5-4-14(18)8-16(15)19/h4-5,8,11,13,20H,3,6-7,9-10H2,1-2H3/t13-/m0/s1. The molecular weight excluding hydrogens is 290 g/mol. The largest absolute Gasteiger partial charge is 0.465 e. The van der Waals surface area contributed by atoms with Gasteiger partial charge in [0, 0.05) is 30.6 Å². The Morgan fingerprint density at radius 3 is 2.55 bits per heavy atom. The first-order valence-electron chi connectivity index (χ1n) is 7.23. The molecule has 0 bridgehead atoms. The van der Waals surface area contributed by atoms with Crippen LogP contribution in [0.2, 0.25) is 0 Å². The Kier molecular flexibility index (Phi) is 7.18. The van der Waals surface area contributed by atoms with Crippen LogP contribution < -0.4 is 0 Å². The first kappa shape index (κ1) is 18.3. The van der Waals surface area contributed by atoms with Crippen LogP contribution in [-0.4, -0.2) is 24.3 Å². The third kappa shape index (κ3) is 5.93. The van der Waals surface area contributed by atoms with Crippen molar-refractivity contribution >= 4 is 11.5 Å². The fourth-order valence-electron chi connectivity index (χ4n) is 2.01. The summed E-state index contributed by atoms with van der Waals surface area (Å²) in [6.07, 6.45) is 0.569. The number of allylic oxidation sites excluding steroid dienone is 1. The highest BCUT2D eigenvalue weighted by Crippen LogP contribution is 2.24. The minimum Gasteiger partial charge on any atom is -0.465 e. The van der Waals surface area contributed by atoms with Gasteiger partial charge in [-0.25, -0.2) is 8.78 Å². The van der Waals surface area contributed by atoms with Crippen LogP contribution in [0, 0.1) is 23.5 Å². The highest BCUT2D eigenvalue weighted by molar-refractivity contribution is 5.69. The summed E-state index contributed by atoms with van der Waals surface area (Å²) in [7, 11) is 0. The first-order chi connectivity index (χ1) is 10.3. The summed E-state index contributed by atoms with van der Waals surface area (Å²) in [5, 5.41) is 9.34. The number of ether oxygens (including phenoxy) is 1. The van der Waals surface area contributed by atoms with Gasteiger partial charge >= 0.3 is 5.97 Å². The molecule has 0 amide bonds. The van der Waals surface area contributed by atoms with E-state index in [0.717, 1.165) is 12.1 Å². The van der Waals surface area contributed by atoms with Gasteiger partial charge in [0.25, 0.3) is 0 Å². The lowest BCUT2D eigenvalue weighted by atomic mass is 9.96. The van der Waals surface area contributed by atoms with E-state index in [4.69, 9.17) is 4.74 Å². The molecule has 1 atom stereocenters. The maximum atomic E-state index is 13.7. The Morgan fingerprint density at radius 1 is 1.32 bits per heavy atom. The third-order valence-corrected chi connectivity index (χ3v) is 3.16. The first-order valence-corrected chi connectivity index (χ1v) is 7.23. The third-order valence-electron chi connectivity index (χ3n) is 3.16. The van der Waals surface area contributed by atoms with Crippen LogP contribution in [0.1, 0.15) is 32.3 Å². The number of hydrogen-bond acceptors (Lipinski definition) is 3. The SMILES string of the molecule is C=C(C[C@@H](CO)COC(=O)CC(C)C)c1ccc(F)cc1F. The van der Waals surface area contributed by atoms with Gasteiger partial charge in [0.15, 0.2) is 0 Å². The van der Waals surface area contributed by atoms with E-state index in [2.05, 4.69) is 6.58 Å². The molecule has 0 fully saturated rings. The van der Waals surface area contributed by atoms with Gasteiger partial charge in [0.05, 0.1) is 6.61 Å². The van der Waals surface area contributed by atoms with Gasteiger partial charge in [0.2, 0.25) is 0 Å². The van der Waals surface area contributed by atoms with Crippen molar-refractivity contribution < 1.29 is 23.4 Å². The van der Waals surface area contributed by atoms with Crippen molar-refractivity contribution in [1.29, 1.82) is 0 Å². The number of aliphatic hydroxyl groups is 1. The summed E-state index contributed by atoms with van der Waals surface area (Å²) in [4.78, 5) is 11.5. The Balaban J connectivity index is 2.58. The summed E-state index contributed by atoms with van der Waals surface area (Å²) in [6.45, 7) is 7.41. The van der Waals surface area contributed by atoms with Crippen LogP contribution >= 0.6 is 0 Å². The van der Waals surface area contributed by atoms with E-state index in [9.17, 15) is 18.7 Å². The summed E-state index contributed by atoms with van der Waals surface area (Å²) >= 11 is 0. The van der Waals surface area contributed by atoms with Crippen LogP contribution in [0.15, 0.2) is 24.8 Å². The van der Waals surface area contributed by atoms with E-state index in [1.165, 1.54) is 6.07 Å². The maximum Gasteiger partial charge on any atom is 0.306 e. The van der Waals surface area contributed by atoms with E-state index < -0.39 is 11.6 Å². The van der Waals surface area contributed by atoms with Gasteiger partial charge in [-0.15, -0.1) is 0 Å². The van der Waals surface area contributed by atoms with Crippen molar-refractivity contribution in [3.8, 4) is 0 Å². The Labute approximate surface area is 129 Å². The fourth-order valence-corrected chi connectivity index (χ4v) is 2.01. The molecule has 0 radical (unpaired) electrons. The molecule has 3 nitrogen and oxygen atoms in total. The molecule has 0 saturated heterocycles. The molecule has 1 N–H and O–H groups in total. The summed E-state index contributed by atoms with van der Waals surface area (Å²) < 4.78 is 31.6. The normalized spacial score (nSPS) is 12.3. The predicted octanol–water partition coefficient (Wildman–Crippen LogP) is 3.57. The van der Waals surface area contributed by atoms with E-state index in [-0.39, 0.29) is 43.0 Å². The number of aliphatic hydroxyl groups excluding tert-OH is 1. The van der Waals surface area contributed by atoms with Gasteiger partial charge in [0.1, 0.15) is 11.6 Å². The fraction of sp³-hybridized carbons (Fsp3) is 0.471. The molecule has 1 aromatic rings. The molecule has 122 valence electrons. The van der Waals surface area contributed by atoms with Gasteiger partial charge in [-0.3, -0.25) is 4.79 Å². The quantitative estimate of drug-likeness (QED) is 0.747. The second-order valence-corrected chi connectivity index (χ2v) is 5.76. The number of halogens is 2. The van der Waals surface area contributed by atoms with Crippen LogP contribution in [0.25, 0.3) is 5.57 Å². The van der Waals surface area contributed by atoms with E-state index in [1.807, 2.05) is 13.8 Å². The van der Waals surface area contributed by atoms with Crippen molar-refractivity contribution in [3.05, 3.63) is 42.0 Å². The average molecular weight is 312 g/mol. The van der Waals surface area contributed by atoms with Crippen molar-refractivity contribution in [2.45, 2.75) is 26.7 Å². The number of benzene rings is 1.